The van der Waals surface area contributed by atoms with Crippen LogP contribution in [0.3, 0.4) is 0 Å². The predicted molar refractivity (Wildman–Crippen MR) is 130 cm³/mol. The standard InChI is InChI=1S/C28H26O7/c1-15(2)5-11-24(19-14-23(32)26-21(30)8-9-22(31)27(26)28(19)34)35-25(33)12-10-20(29)18-7-6-16(3)17(4)13-18/h5-10,12-14,24,30-31H,11H2,1-4H3/b12-10-/t24-/m1/s1. The SMILES string of the molecule is CC(C)=CC[C@@H](OC(=O)/C=C\C(=O)c1ccc(C)c(C)c1)C1=CC(=O)c2c(O)ccc(O)c2C1=O. The first kappa shape index (κ1) is 25.4. The first-order chi connectivity index (χ1) is 16.5. The maximum absolute atomic E-state index is 13.1. The van der Waals surface area contributed by atoms with E-state index in [0.29, 0.717) is 5.56 Å². The summed E-state index contributed by atoms with van der Waals surface area (Å²) in [6.45, 7) is 7.45. The van der Waals surface area contributed by atoms with E-state index >= 15 is 0 Å². The highest BCUT2D eigenvalue weighted by Gasteiger charge is 2.35. The molecule has 0 amide bonds. The molecule has 0 saturated heterocycles. The summed E-state index contributed by atoms with van der Waals surface area (Å²) in [4.78, 5) is 50.8. The number of hydrogen-bond acceptors (Lipinski definition) is 7. The Morgan fingerprint density at radius 3 is 2.23 bits per heavy atom. The zero-order valence-electron chi connectivity index (χ0n) is 19.9. The first-order valence-electron chi connectivity index (χ1n) is 11.0. The molecule has 0 unspecified atom stereocenters. The van der Waals surface area contributed by atoms with Crippen molar-refractivity contribution < 1.29 is 34.1 Å². The molecular formula is C28H26O7. The number of Topliss-reactive ketones (excluding diaryl/α,β-unsaturated/α-hetero) is 1. The van der Waals surface area contributed by atoms with Gasteiger partial charge in [0, 0.05) is 23.6 Å². The molecule has 180 valence electrons. The summed E-state index contributed by atoms with van der Waals surface area (Å²) in [5.74, 6) is -3.58. The Morgan fingerprint density at radius 2 is 1.60 bits per heavy atom. The van der Waals surface area contributed by atoms with Crippen molar-refractivity contribution in [2.75, 3.05) is 0 Å². The van der Waals surface area contributed by atoms with Gasteiger partial charge in [-0.1, -0.05) is 23.8 Å². The van der Waals surface area contributed by atoms with Crippen LogP contribution >= 0.6 is 0 Å². The van der Waals surface area contributed by atoms with Crippen molar-refractivity contribution in [2.24, 2.45) is 0 Å². The average molecular weight is 475 g/mol. The lowest BCUT2D eigenvalue weighted by Gasteiger charge is -2.23. The Morgan fingerprint density at radius 1 is 0.943 bits per heavy atom. The maximum atomic E-state index is 13.1. The van der Waals surface area contributed by atoms with E-state index in [0.717, 1.165) is 47.1 Å². The van der Waals surface area contributed by atoms with E-state index in [1.54, 1.807) is 18.2 Å². The monoisotopic (exact) mass is 474 g/mol. The lowest BCUT2D eigenvalue weighted by Crippen LogP contribution is -2.28. The Kier molecular flexibility index (Phi) is 7.49. The minimum absolute atomic E-state index is 0.0901. The van der Waals surface area contributed by atoms with Gasteiger partial charge in [0.2, 0.25) is 0 Å². The predicted octanol–water partition coefficient (Wildman–Crippen LogP) is 4.73. The van der Waals surface area contributed by atoms with Crippen LogP contribution in [0.2, 0.25) is 0 Å². The summed E-state index contributed by atoms with van der Waals surface area (Å²) in [7, 11) is 0. The molecule has 7 heteroatoms. The van der Waals surface area contributed by atoms with E-state index < -0.39 is 35.1 Å². The van der Waals surface area contributed by atoms with Crippen LogP contribution in [0.5, 0.6) is 11.5 Å². The number of aromatic hydroxyl groups is 2. The van der Waals surface area contributed by atoms with E-state index in [4.69, 9.17) is 4.74 Å². The number of esters is 1. The molecule has 0 spiro atoms. The van der Waals surface area contributed by atoms with Crippen LogP contribution < -0.4 is 0 Å². The largest absolute Gasteiger partial charge is 0.507 e. The van der Waals surface area contributed by atoms with Crippen molar-refractivity contribution in [1.29, 1.82) is 0 Å². The molecule has 2 N–H and O–H groups in total. The molecule has 1 aliphatic carbocycles. The van der Waals surface area contributed by atoms with Crippen LogP contribution in [-0.4, -0.2) is 39.6 Å². The number of rotatable bonds is 7. The maximum Gasteiger partial charge on any atom is 0.331 e. The number of benzene rings is 2. The Balaban J connectivity index is 1.87. The number of phenols is 2. The highest BCUT2D eigenvalue weighted by molar-refractivity contribution is 6.27. The van der Waals surface area contributed by atoms with Crippen LogP contribution in [-0.2, 0) is 9.53 Å². The van der Waals surface area contributed by atoms with Gasteiger partial charge in [-0.05, 0) is 69.2 Å². The minimum atomic E-state index is -1.15. The van der Waals surface area contributed by atoms with Crippen LogP contribution in [0.15, 0.2) is 65.8 Å². The van der Waals surface area contributed by atoms with E-state index in [2.05, 4.69) is 0 Å². The summed E-state index contributed by atoms with van der Waals surface area (Å²) >= 11 is 0. The fraction of sp³-hybridized carbons (Fsp3) is 0.214. The molecule has 0 aromatic heterocycles. The first-order valence-corrected chi connectivity index (χ1v) is 11.0. The normalized spacial score (nSPS) is 13.8. The molecule has 3 rings (SSSR count). The molecule has 35 heavy (non-hydrogen) atoms. The lowest BCUT2D eigenvalue weighted by molar-refractivity contribution is -0.141. The quantitative estimate of drug-likeness (QED) is 0.196. The molecular weight excluding hydrogens is 448 g/mol. The summed E-state index contributed by atoms with van der Waals surface area (Å²) < 4.78 is 5.47. The van der Waals surface area contributed by atoms with Crippen LogP contribution in [0.4, 0.5) is 0 Å². The molecule has 0 bridgehead atoms. The van der Waals surface area contributed by atoms with Crippen molar-refractivity contribution in [2.45, 2.75) is 40.2 Å². The van der Waals surface area contributed by atoms with Gasteiger partial charge in [0.25, 0.3) is 0 Å². The smallest absolute Gasteiger partial charge is 0.331 e. The average Bonchev–Trinajstić information content (AvgIpc) is 2.80. The number of fused-ring (bicyclic) bond motifs is 1. The summed E-state index contributed by atoms with van der Waals surface area (Å²) in [5, 5.41) is 20.2. The van der Waals surface area contributed by atoms with Crippen molar-refractivity contribution in [3.8, 4) is 11.5 Å². The molecule has 0 fully saturated rings. The highest BCUT2D eigenvalue weighted by atomic mass is 16.5. The van der Waals surface area contributed by atoms with Gasteiger partial charge in [-0.3, -0.25) is 14.4 Å². The number of carbonyl (C=O) groups is 4. The minimum Gasteiger partial charge on any atom is -0.507 e. The molecule has 1 aliphatic rings. The number of ketones is 3. The molecule has 0 aliphatic heterocycles. The molecule has 1 atom stereocenters. The van der Waals surface area contributed by atoms with Gasteiger partial charge in [-0.2, -0.15) is 0 Å². The Bertz CT molecular complexity index is 1320. The fourth-order valence-corrected chi connectivity index (χ4v) is 3.62. The zero-order chi connectivity index (χ0) is 25.9. The van der Waals surface area contributed by atoms with E-state index in [9.17, 15) is 29.4 Å². The molecule has 2 aromatic carbocycles. The number of carbonyl (C=O) groups excluding carboxylic acids is 4. The van der Waals surface area contributed by atoms with Gasteiger partial charge in [-0.15, -0.1) is 0 Å². The number of hydrogen-bond donors (Lipinski definition) is 2. The number of phenolic OH excluding ortho intramolecular Hbond substituents is 2. The van der Waals surface area contributed by atoms with E-state index in [1.165, 1.54) is 0 Å². The van der Waals surface area contributed by atoms with E-state index in [-0.39, 0.29) is 28.9 Å². The van der Waals surface area contributed by atoms with Crippen molar-refractivity contribution >= 4 is 23.3 Å². The molecule has 2 aromatic rings. The van der Waals surface area contributed by atoms with Gasteiger partial charge in [-0.25, -0.2) is 4.79 Å². The molecule has 0 heterocycles. The third kappa shape index (κ3) is 5.63. The number of allylic oxidation sites excluding steroid dienone is 3. The number of aryl methyl sites for hydroxylation is 2. The second kappa shape index (κ2) is 10.3. The highest BCUT2D eigenvalue weighted by Crippen LogP contribution is 2.36. The molecule has 0 radical (unpaired) electrons. The summed E-state index contributed by atoms with van der Waals surface area (Å²) in [6.07, 6.45) is 3.74. The van der Waals surface area contributed by atoms with Gasteiger partial charge in [0.05, 0.1) is 11.1 Å². The van der Waals surface area contributed by atoms with Crippen molar-refractivity contribution in [1.82, 2.24) is 0 Å². The lowest BCUT2D eigenvalue weighted by atomic mass is 9.85. The zero-order valence-corrected chi connectivity index (χ0v) is 19.9. The van der Waals surface area contributed by atoms with Gasteiger partial charge in [0.1, 0.15) is 17.6 Å². The number of ether oxygens (including phenoxy) is 1. The van der Waals surface area contributed by atoms with Gasteiger partial charge < -0.3 is 14.9 Å². The van der Waals surface area contributed by atoms with Gasteiger partial charge in [0.15, 0.2) is 17.3 Å². The van der Waals surface area contributed by atoms with Crippen molar-refractivity contribution in [3.05, 3.63) is 93.6 Å². The topological polar surface area (TPSA) is 118 Å². The second-order valence-corrected chi connectivity index (χ2v) is 8.59. The third-order valence-corrected chi connectivity index (χ3v) is 5.69. The molecule has 7 nitrogen and oxygen atoms in total. The van der Waals surface area contributed by atoms with Crippen molar-refractivity contribution in [3.63, 3.8) is 0 Å². The molecule has 0 saturated carbocycles. The summed E-state index contributed by atoms with van der Waals surface area (Å²) in [6, 6.07) is 7.43. The Labute approximate surface area is 203 Å². The summed E-state index contributed by atoms with van der Waals surface area (Å²) in [5.41, 5.74) is 2.51. The Hall–Kier alpha value is -4.26. The van der Waals surface area contributed by atoms with Crippen LogP contribution in [0.1, 0.15) is 62.5 Å². The van der Waals surface area contributed by atoms with Crippen LogP contribution in [0, 0.1) is 13.8 Å². The van der Waals surface area contributed by atoms with Gasteiger partial charge >= 0.3 is 5.97 Å². The van der Waals surface area contributed by atoms with E-state index in [1.807, 2.05) is 33.8 Å². The third-order valence-electron chi connectivity index (χ3n) is 5.69. The fourth-order valence-electron chi connectivity index (χ4n) is 3.62. The van der Waals surface area contributed by atoms with Crippen LogP contribution in [0.25, 0.3) is 0 Å². The second-order valence-electron chi connectivity index (χ2n) is 8.59.